The highest BCUT2D eigenvalue weighted by atomic mass is 127. The number of aromatic nitrogens is 1. The van der Waals surface area contributed by atoms with Gasteiger partial charge in [-0.15, -0.1) is 0 Å². The molecule has 1 aromatic heterocycles. The number of ether oxygens (including phenoxy) is 4. The van der Waals surface area contributed by atoms with Crippen molar-refractivity contribution in [3.05, 3.63) is 117 Å². The minimum absolute atomic E-state index is 0.127. The predicted octanol–water partition coefficient (Wildman–Crippen LogP) is 6.04. The molecule has 0 bridgehead atoms. The van der Waals surface area contributed by atoms with Gasteiger partial charge in [0.25, 0.3) is 5.56 Å². The lowest BCUT2D eigenvalue weighted by molar-refractivity contribution is -0.139. The SMILES string of the molecule is CCOC(=O)C1=C(C)N=c2s/c(=C/c3cc(I)c(OCc4ccccc4C#N)c(OCC)c3)c(=O)n2[C@@H]1c1ccccc1OC(C)C. The zero-order chi connectivity index (χ0) is 33.7. The Hall–Kier alpha value is -4.41. The molecule has 5 rings (SSSR count). The van der Waals surface area contributed by atoms with Crippen LogP contribution in [0.25, 0.3) is 6.08 Å². The van der Waals surface area contributed by atoms with Crippen LogP contribution in [-0.4, -0.2) is 29.9 Å². The Bertz CT molecular complexity index is 2080. The van der Waals surface area contributed by atoms with E-state index in [1.165, 1.54) is 11.3 Å². The quantitative estimate of drug-likeness (QED) is 0.135. The largest absolute Gasteiger partial charge is 0.491 e. The van der Waals surface area contributed by atoms with E-state index in [0.29, 0.717) is 55.6 Å². The number of nitriles is 1. The lowest BCUT2D eigenvalue weighted by Gasteiger charge is -2.26. The van der Waals surface area contributed by atoms with Gasteiger partial charge in [-0.2, -0.15) is 5.26 Å². The highest BCUT2D eigenvalue weighted by Crippen LogP contribution is 2.37. The van der Waals surface area contributed by atoms with Crippen molar-refractivity contribution in [2.45, 2.75) is 53.4 Å². The van der Waals surface area contributed by atoms with Gasteiger partial charge in [-0.05, 0) is 93.1 Å². The monoisotopic (exact) mass is 763 g/mol. The molecular formula is C36H34IN3O6S. The van der Waals surface area contributed by atoms with Crippen molar-refractivity contribution in [2.24, 2.45) is 4.99 Å². The topological polar surface area (TPSA) is 112 Å². The molecule has 242 valence electrons. The highest BCUT2D eigenvalue weighted by molar-refractivity contribution is 14.1. The Morgan fingerprint density at radius 2 is 1.83 bits per heavy atom. The average molecular weight is 764 g/mol. The predicted molar refractivity (Wildman–Crippen MR) is 188 cm³/mol. The fraction of sp³-hybridized carbons (Fsp3) is 0.278. The standard InChI is InChI=1S/C36H34IN3O6S/c1-6-43-29-17-23(16-27(37)33(29)45-20-25-13-9-8-12-24(25)19-38)18-30-34(41)40-32(26-14-10-11-15-28(26)46-21(3)4)31(35(42)44-7-2)22(5)39-36(40)47-30/h8-18,21,32H,6-7,20H2,1-5H3/b30-18+/t32-/m1/s1. The second-order valence-corrected chi connectivity index (χ2v) is 13.0. The summed E-state index contributed by atoms with van der Waals surface area (Å²) >= 11 is 3.43. The Kier molecular flexibility index (Phi) is 10.8. The lowest BCUT2D eigenvalue weighted by Crippen LogP contribution is -2.40. The van der Waals surface area contributed by atoms with Gasteiger partial charge in [-0.3, -0.25) is 9.36 Å². The summed E-state index contributed by atoms with van der Waals surface area (Å²) in [6.45, 7) is 10.0. The van der Waals surface area contributed by atoms with Crippen molar-refractivity contribution in [3.8, 4) is 23.3 Å². The van der Waals surface area contributed by atoms with Gasteiger partial charge in [0.2, 0.25) is 0 Å². The number of carbonyl (C=O) groups excluding carboxylic acids is 1. The number of nitrogens with zero attached hydrogens (tertiary/aromatic N) is 3. The van der Waals surface area contributed by atoms with E-state index in [2.05, 4.69) is 28.7 Å². The van der Waals surface area contributed by atoms with Crippen LogP contribution in [0.1, 0.15) is 62.9 Å². The Labute approximate surface area is 290 Å². The number of rotatable bonds is 11. The zero-order valence-corrected chi connectivity index (χ0v) is 29.7. The third-order valence-electron chi connectivity index (χ3n) is 7.23. The van der Waals surface area contributed by atoms with Crippen molar-refractivity contribution in [3.63, 3.8) is 0 Å². The van der Waals surface area contributed by atoms with Crippen LogP contribution in [0.2, 0.25) is 0 Å². The molecule has 0 fully saturated rings. The summed E-state index contributed by atoms with van der Waals surface area (Å²) in [6, 6.07) is 19.8. The molecule has 1 aliphatic heterocycles. The van der Waals surface area contributed by atoms with Gasteiger partial charge in [0.1, 0.15) is 18.4 Å². The molecule has 0 unspecified atom stereocenters. The normalized spacial score (nSPS) is 14.3. The van der Waals surface area contributed by atoms with Crippen LogP contribution < -0.4 is 29.1 Å². The van der Waals surface area contributed by atoms with E-state index in [4.69, 9.17) is 23.9 Å². The molecular weight excluding hydrogens is 729 g/mol. The molecule has 4 aromatic rings. The van der Waals surface area contributed by atoms with Crippen LogP contribution >= 0.6 is 33.9 Å². The number of hydrogen-bond donors (Lipinski definition) is 0. The van der Waals surface area contributed by atoms with Crippen molar-refractivity contribution in [1.29, 1.82) is 5.26 Å². The van der Waals surface area contributed by atoms with Crippen LogP contribution in [0.3, 0.4) is 0 Å². The molecule has 2 heterocycles. The van der Waals surface area contributed by atoms with Gasteiger partial charge in [0, 0.05) is 11.1 Å². The fourth-order valence-electron chi connectivity index (χ4n) is 5.28. The molecule has 1 aliphatic rings. The second kappa shape index (κ2) is 15.0. The third kappa shape index (κ3) is 7.29. The maximum absolute atomic E-state index is 14.2. The molecule has 1 atom stereocenters. The molecule has 0 N–H and O–H groups in total. The molecule has 0 saturated heterocycles. The Morgan fingerprint density at radius 1 is 1.09 bits per heavy atom. The van der Waals surface area contributed by atoms with E-state index in [9.17, 15) is 14.9 Å². The maximum atomic E-state index is 14.2. The Morgan fingerprint density at radius 3 is 2.55 bits per heavy atom. The van der Waals surface area contributed by atoms with Crippen LogP contribution in [0.15, 0.2) is 81.7 Å². The summed E-state index contributed by atoms with van der Waals surface area (Å²) in [4.78, 5) is 32.7. The van der Waals surface area contributed by atoms with Gasteiger partial charge < -0.3 is 18.9 Å². The van der Waals surface area contributed by atoms with Crippen molar-refractivity contribution in [2.75, 3.05) is 13.2 Å². The lowest BCUT2D eigenvalue weighted by atomic mass is 9.95. The first kappa shape index (κ1) is 33.9. The van der Waals surface area contributed by atoms with E-state index >= 15 is 0 Å². The van der Waals surface area contributed by atoms with Crippen molar-refractivity contribution in [1.82, 2.24) is 4.57 Å². The number of fused-ring (bicyclic) bond motifs is 1. The first-order chi connectivity index (χ1) is 22.7. The fourth-order valence-corrected chi connectivity index (χ4v) is 7.11. The first-order valence-corrected chi connectivity index (χ1v) is 17.1. The number of thiazole rings is 1. The van der Waals surface area contributed by atoms with Crippen molar-refractivity contribution >= 4 is 46.0 Å². The summed E-state index contributed by atoms with van der Waals surface area (Å²) in [5, 5.41) is 9.48. The summed E-state index contributed by atoms with van der Waals surface area (Å²) in [5.74, 6) is 1.11. The molecule has 0 saturated carbocycles. The second-order valence-electron chi connectivity index (χ2n) is 10.8. The van der Waals surface area contributed by atoms with Crippen LogP contribution in [0, 0.1) is 14.9 Å². The summed E-state index contributed by atoms with van der Waals surface area (Å²) < 4.78 is 26.5. The van der Waals surface area contributed by atoms with E-state index in [1.807, 2.05) is 75.4 Å². The molecule has 11 heteroatoms. The molecule has 47 heavy (non-hydrogen) atoms. The van der Waals surface area contributed by atoms with E-state index in [1.54, 1.807) is 30.6 Å². The van der Waals surface area contributed by atoms with Gasteiger partial charge in [0.15, 0.2) is 16.3 Å². The summed E-state index contributed by atoms with van der Waals surface area (Å²) in [5.41, 5.74) is 3.19. The highest BCUT2D eigenvalue weighted by Gasteiger charge is 2.35. The molecule has 0 spiro atoms. The molecule has 0 radical (unpaired) electrons. The molecule has 9 nitrogen and oxygen atoms in total. The number of halogens is 1. The number of esters is 1. The number of benzene rings is 3. The number of para-hydroxylation sites is 1. The van der Waals surface area contributed by atoms with Gasteiger partial charge in [-0.1, -0.05) is 47.7 Å². The molecule has 0 aliphatic carbocycles. The van der Waals surface area contributed by atoms with E-state index in [0.717, 1.165) is 14.7 Å². The van der Waals surface area contributed by atoms with Crippen molar-refractivity contribution < 1.29 is 23.7 Å². The maximum Gasteiger partial charge on any atom is 0.338 e. The first-order valence-electron chi connectivity index (χ1n) is 15.2. The smallest absolute Gasteiger partial charge is 0.338 e. The van der Waals surface area contributed by atoms with Crippen LogP contribution in [0.5, 0.6) is 17.2 Å². The minimum Gasteiger partial charge on any atom is -0.491 e. The number of carbonyl (C=O) groups is 1. The number of allylic oxidation sites excluding steroid dienone is 1. The number of hydrogen-bond acceptors (Lipinski definition) is 9. The van der Waals surface area contributed by atoms with Crippen LogP contribution in [0.4, 0.5) is 0 Å². The summed E-state index contributed by atoms with van der Waals surface area (Å²) in [7, 11) is 0. The van der Waals surface area contributed by atoms with E-state index in [-0.39, 0.29) is 24.9 Å². The van der Waals surface area contributed by atoms with Gasteiger partial charge in [-0.25, -0.2) is 9.79 Å². The molecule has 3 aromatic carbocycles. The summed E-state index contributed by atoms with van der Waals surface area (Å²) in [6.07, 6.45) is 1.67. The van der Waals surface area contributed by atoms with Crippen LogP contribution in [-0.2, 0) is 16.1 Å². The van der Waals surface area contributed by atoms with Gasteiger partial charge >= 0.3 is 5.97 Å². The Balaban J connectivity index is 1.62. The molecule has 0 amide bonds. The average Bonchev–Trinajstić information content (AvgIpc) is 3.34. The van der Waals surface area contributed by atoms with Gasteiger partial charge in [0.05, 0.1) is 50.3 Å². The van der Waals surface area contributed by atoms with E-state index < -0.39 is 12.0 Å². The minimum atomic E-state index is -0.798. The zero-order valence-electron chi connectivity index (χ0n) is 26.7. The third-order valence-corrected chi connectivity index (χ3v) is 9.02.